The molecule has 0 atom stereocenters. The van der Waals surface area contributed by atoms with Crippen LogP contribution in [0.4, 0.5) is 4.79 Å². The minimum Gasteiger partial charge on any atom is -0.444 e. The Kier molecular flexibility index (Phi) is 5.72. The van der Waals surface area contributed by atoms with Gasteiger partial charge in [-0.15, -0.1) is 0 Å². The second kappa shape index (κ2) is 7.40. The Hall–Kier alpha value is -1.79. The second-order valence-corrected chi connectivity index (χ2v) is 7.18. The van der Waals surface area contributed by atoms with Crippen LogP contribution in [0.1, 0.15) is 36.7 Å². The summed E-state index contributed by atoms with van der Waals surface area (Å²) in [6, 6.07) is 5.11. The lowest BCUT2D eigenvalue weighted by molar-refractivity contribution is 0.0141. The van der Waals surface area contributed by atoms with Gasteiger partial charge in [0.25, 0.3) is 5.91 Å². The van der Waals surface area contributed by atoms with E-state index < -0.39 is 5.60 Å². The third-order valence-corrected chi connectivity index (χ3v) is 4.10. The number of halogens is 1. The molecule has 6 nitrogen and oxygen atoms in total. The van der Waals surface area contributed by atoms with Crippen molar-refractivity contribution in [2.75, 3.05) is 26.2 Å². The van der Waals surface area contributed by atoms with Crippen molar-refractivity contribution in [3.05, 3.63) is 34.3 Å². The van der Waals surface area contributed by atoms with Crippen molar-refractivity contribution < 1.29 is 14.3 Å². The molecule has 1 fully saturated rings. The number of amides is 2. The third kappa shape index (κ3) is 4.61. The molecule has 132 valence electrons. The van der Waals surface area contributed by atoms with Crippen molar-refractivity contribution in [1.82, 2.24) is 9.80 Å². The molecule has 0 aromatic heterocycles. The summed E-state index contributed by atoms with van der Waals surface area (Å²) < 4.78 is 5.36. The number of rotatable bonds is 2. The van der Waals surface area contributed by atoms with E-state index in [2.05, 4.69) is 0 Å². The summed E-state index contributed by atoms with van der Waals surface area (Å²) >= 11 is 6.03. The van der Waals surface area contributed by atoms with Gasteiger partial charge in [0, 0.05) is 43.3 Å². The standard InChI is InChI=1S/C17H24ClN3O3/c1-17(2,3)24-16(23)21-8-6-20(7-9-21)15(22)12-4-5-14(18)13(10-12)11-19/h4-5,10H,6-9,11,19H2,1-3H3. The van der Waals surface area contributed by atoms with Crippen molar-refractivity contribution >= 4 is 23.6 Å². The number of carbonyl (C=O) groups is 2. The average molecular weight is 354 g/mol. The van der Waals surface area contributed by atoms with Gasteiger partial charge in [-0.2, -0.15) is 0 Å². The van der Waals surface area contributed by atoms with Gasteiger partial charge in [0.2, 0.25) is 0 Å². The van der Waals surface area contributed by atoms with E-state index in [0.717, 1.165) is 5.56 Å². The first-order valence-corrected chi connectivity index (χ1v) is 8.35. The molecule has 0 saturated carbocycles. The quantitative estimate of drug-likeness (QED) is 0.886. The largest absolute Gasteiger partial charge is 0.444 e. The molecule has 24 heavy (non-hydrogen) atoms. The summed E-state index contributed by atoms with van der Waals surface area (Å²) in [6.07, 6.45) is -0.341. The maximum atomic E-state index is 12.6. The Bertz CT molecular complexity index is 620. The van der Waals surface area contributed by atoms with Crippen LogP contribution in [0.2, 0.25) is 5.02 Å². The molecule has 1 aliphatic heterocycles. The molecule has 1 aromatic carbocycles. The van der Waals surface area contributed by atoms with Crippen molar-refractivity contribution in [2.45, 2.75) is 32.9 Å². The fourth-order valence-electron chi connectivity index (χ4n) is 2.47. The van der Waals surface area contributed by atoms with Crippen LogP contribution in [0.3, 0.4) is 0 Å². The molecule has 1 heterocycles. The zero-order valence-electron chi connectivity index (χ0n) is 14.3. The van der Waals surface area contributed by atoms with Gasteiger partial charge in [0.05, 0.1) is 0 Å². The van der Waals surface area contributed by atoms with Gasteiger partial charge >= 0.3 is 6.09 Å². The maximum Gasteiger partial charge on any atom is 0.410 e. The fraction of sp³-hybridized carbons (Fsp3) is 0.529. The highest BCUT2D eigenvalue weighted by Crippen LogP contribution is 2.19. The Morgan fingerprint density at radius 3 is 2.29 bits per heavy atom. The van der Waals surface area contributed by atoms with Crippen molar-refractivity contribution in [2.24, 2.45) is 5.73 Å². The number of piperazine rings is 1. The molecular weight excluding hydrogens is 330 g/mol. The van der Waals surface area contributed by atoms with E-state index in [1.807, 2.05) is 20.8 Å². The smallest absolute Gasteiger partial charge is 0.410 e. The van der Waals surface area contributed by atoms with Crippen LogP contribution in [0.15, 0.2) is 18.2 Å². The normalized spacial score (nSPS) is 15.4. The summed E-state index contributed by atoms with van der Waals surface area (Å²) in [5.74, 6) is -0.0785. The first-order chi connectivity index (χ1) is 11.2. The molecule has 1 aromatic rings. The molecule has 7 heteroatoms. The van der Waals surface area contributed by atoms with Crippen molar-refractivity contribution in [3.63, 3.8) is 0 Å². The summed E-state index contributed by atoms with van der Waals surface area (Å²) in [6.45, 7) is 7.64. The molecule has 2 N–H and O–H groups in total. The Balaban J connectivity index is 1.97. The Morgan fingerprint density at radius 1 is 1.17 bits per heavy atom. The number of hydrogen-bond acceptors (Lipinski definition) is 4. The Morgan fingerprint density at radius 2 is 1.75 bits per heavy atom. The van der Waals surface area contributed by atoms with Crippen LogP contribution < -0.4 is 5.73 Å². The van der Waals surface area contributed by atoms with Gasteiger partial charge in [-0.05, 0) is 44.5 Å². The predicted molar refractivity (Wildman–Crippen MR) is 93.1 cm³/mol. The molecular formula is C17H24ClN3O3. The summed E-state index contributed by atoms with van der Waals surface area (Å²) in [5, 5.41) is 0.559. The van der Waals surface area contributed by atoms with Gasteiger partial charge in [-0.25, -0.2) is 4.79 Å². The predicted octanol–water partition coefficient (Wildman–Crippen LogP) is 2.49. The number of nitrogens with zero attached hydrogens (tertiary/aromatic N) is 2. The van der Waals surface area contributed by atoms with Gasteiger partial charge in [-0.1, -0.05) is 11.6 Å². The fourth-order valence-corrected chi connectivity index (χ4v) is 2.66. The van der Waals surface area contributed by atoms with Crippen molar-refractivity contribution in [1.29, 1.82) is 0 Å². The number of hydrogen-bond donors (Lipinski definition) is 1. The highest BCUT2D eigenvalue weighted by Gasteiger charge is 2.28. The van der Waals surface area contributed by atoms with E-state index in [9.17, 15) is 9.59 Å². The molecule has 0 bridgehead atoms. The molecule has 0 spiro atoms. The average Bonchev–Trinajstić information content (AvgIpc) is 2.53. The topological polar surface area (TPSA) is 75.9 Å². The zero-order valence-corrected chi connectivity index (χ0v) is 15.1. The van der Waals surface area contributed by atoms with E-state index in [1.54, 1.807) is 28.0 Å². The summed E-state index contributed by atoms with van der Waals surface area (Å²) in [5.41, 5.74) is 6.42. The molecule has 0 radical (unpaired) electrons. The first kappa shape index (κ1) is 18.5. The highest BCUT2D eigenvalue weighted by molar-refractivity contribution is 6.31. The van der Waals surface area contributed by atoms with Crippen LogP contribution in [0.5, 0.6) is 0 Å². The summed E-state index contributed by atoms with van der Waals surface area (Å²) in [7, 11) is 0. The van der Waals surface area contributed by atoms with Crippen LogP contribution >= 0.6 is 11.6 Å². The maximum absolute atomic E-state index is 12.6. The molecule has 0 aliphatic carbocycles. The van der Waals surface area contributed by atoms with Crippen molar-refractivity contribution in [3.8, 4) is 0 Å². The molecule has 1 saturated heterocycles. The minimum atomic E-state index is -0.522. The van der Waals surface area contributed by atoms with E-state index in [-0.39, 0.29) is 18.5 Å². The van der Waals surface area contributed by atoms with Crippen LogP contribution in [0.25, 0.3) is 0 Å². The monoisotopic (exact) mass is 353 g/mol. The van der Waals surface area contributed by atoms with Gasteiger partial charge in [-0.3, -0.25) is 4.79 Å². The lowest BCUT2D eigenvalue weighted by atomic mass is 10.1. The zero-order chi connectivity index (χ0) is 17.9. The van der Waals surface area contributed by atoms with Gasteiger partial charge in [0.1, 0.15) is 5.60 Å². The van der Waals surface area contributed by atoms with Gasteiger partial charge < -0.3 is 20.3 Å². The van der Waals surface area contributed by atoms with Crippen LogP contribution in [0, 0.1) is 0 Å². The lowest BCUT2D eigenvalue weighted by Crippen LogP contribution is -2.51. The highest BCUT2D eigenvalue weighted by atomic mass is 35.5. The number of nitrogens with two attached hydrogens (primary N) is 1. The van der Waals surface area contributed by atoms with E-state index in [4.69, 9.17) is 22.1 Å². The molecule has 0 unspecified atom stereocenters. The second-order valence-electron chi connectivity index (χ2n) is 6.77. The third-order valence-electron chi connectivity index (χ3n) is 3.73. The minimum absolute atomic E-state index is 0.0785. The van der Waals surface area contributed by atoms with E-state index in [0.29, 0.717) is 36.8 Å². The molecule has 1 aliphatic rings. The SMILES string of the molecule is CC(C)(C)OC(=O)N1CCN(C(=O)c2ccc(Cl)c(CN)c2)CC1. The number of ether oxygens (including phenoxy) is 1. The van der Waals surface area contributed by atoms with Crippen LogP contribution in [-0.4, -0.2) is 53.6 Å². The van der Waals surface area contributed by atoms with Crippen LogP contribution in [-0.2, 0) is 11.3 Å². The molecule has 2 rings (SSSR count). The number of carbonyl (C=O) groups excluding carboxylic acids is 2. The lowest BCUT2D eigenvalue weighted by Gasteiger charge is -2.35. The molecule has 2 amide bonds. The first-order valence-electron chi connectivity index (χ1n) is 7.97. The Labute approximate surface area is 147 Å². The number of benzene rings is 1. The van der Waals surface area contributed by atoms with Gasteiger partial charge in [0.15, 0.2) is 0 Å². The summed E-state index contributed by atoms with van der Waals surface area (Å²) in [4.78, 5) is 28.0. The van der Waals surface area contributed by atoms with E-state index in [1.165, 1.54) is 0 Å². The van der Waals surface area contributed by atoms with E-state index >= 15 is 0 Å².